The second-order valence-corrected chi connectivity index (χ2v) is 5.15. The number of nitrogen functional groups attached to an aromatic ring is 1. The van der Waals surface area contributed by atoms with Crippen LogP contribution in [-0.2, 0) is 4.79 Å². The number of para-hydroxylation sites is 2. The Balaban J connectivity index is 2.23. The predicted molar refractivity (Wildman–Crippen MR) is 78.7 cm³/mol. The van der Waals surface area contributed by atoms with Gasteiger partial charge >= 0.3 is 0 Å². The van der Waals surface area contributed by atoms with Gasteiger partial charge in [-0.2, -0.15) is 5.10 Å². The van der Waals surface area contributed by atoms with Crippen molar-refractivity contribution in [2.45, 2.75) is 19.4 Å². The Morgan fingerprint density at radius 1 is 1.24 bits per heavy atom. The number of rotatable bonds is 4. The summed E-state index contributed by atoms with van der Waals surface area (Å²) in [5.41, 5.74) is 11.3. The van der Waals surface area contributed by atoms with E-state index >= 15 is 0 Å². The monoisotopic (exact) mass is 287 g/mol. The number of primary amides is 1. The molecule has 0 aliphatic rings. The molecule has 0 aliphatic heterocycles. The number of nitrogens with zero attached hydrogens (tertiary/aromatic N) is 2. The first kappa shape index (κ1) is 14.6. The van der Waals surface area contributed by atoms with Gasteiger partial charge in [0, 0.05) is 6.20 Å². The summed E-state index contributed by atoms with van der Waals surface area (Å²) in [5.74, 6) is -1.10. The highest BCUT2D eigenvalue weighted by molar-refractivity contribution is 5.97. The maximum absolute atomic E-state index is 12.1. The Morgan fingerprint density at radius 3 is 2.52 bits per heavy atom. The molecule has 0 saturated carbocycles. The van der Waals surface area contributed by atoms with E-state index in [2.05, 4.69) is 10.4 Å². The van der Waals surface area contributed by atoms with Crippen LogP contribution in [0.2, 0.25) is 0 Å². The molecule has 0 unspecified atom stereocenters. The molecule has 21 heavy (non-hydrogen) atoms. The van der Waals surface area contributed by atoms with Crippen molar-refractivity contribution in [2.24, 2.45) is 5.73 Å². The van der Waals surface area contributed by atoms with Gasteiger partial charge in [0.25, 0.3) is 5.91 Å². The first-order valence-electron chi connectivity index (χ1n) is 6.34. The van der Waals surface area contributed by atoms with E-state index in [1.807, 2.05) is 12.1 Å². The van der Waals surface area contributed by atoms with E-state index in [1.165, 1.54) is 18.5 Å². The Morgan fingerprint density at radius 2 is 1.90 bits per heavy atom. The summed E-state index contributed by atoms with van der Waals surface area (Å²) in [6.07, 6.45) is 1.62. The highest BCUT2D eigenvalue weighted by Crippen LogP contribution is 2.15. The smallest absolute Gasteiger partial charge is 0.272 e. The maximum atomic E-state index is 12.1. The summed E-state index contributed by atoms with van der Waals surface area (Å²) in [6.45, 7) is 3.05. The number of aromatic nitrogens is 2. The Bertz CT molecular complexity index is 690. The first-order valence-corrected chi connectivity index (χ1v) is 6.34. The van der Waals surface area contributed by atoms with Crippen molar-refractivity contribution in [3.05, 3.63) is 42.2 Å². The number of hydrogen-bond acceptors (Lipinski definition) is 4. The van der Waals surface area contributed by atoms with Gasteiger partial charge < -0.3 is 16.8 Å². The van der Waals surface area contributed by atoms with Crippen LogP contribution in [0.4, 0.5) is 5.69 Å². The number of carbonyl (C=O) groups excluding carboxylic acids is 2. The number of nitrogens with one attached hydrogen (secondary N) is 1. The van der Waals surface area contributed by atoms with Crippen molar-refractivity contribution in [1.29, 1.82) is 0 Å². The van der Waals surface area contributed by atoms with Crippen molar-refractivity contribution in [2.75, 3.05) is 5.73 Å². The summed E-state index contributed by atoms with van der Waals surface area (Å²) in [6, 6.07) is 8.71. The lowest BCUT2D eigenvalue weighted by Gasteiger charge is -2.21. The molecule has 7 nitrogen and oxygen atoms in total. The minimum Gasteiger partial charge on any atom is -0.397 e. The van der Waals surface area contributed by atoms with Gasteiger partial charge in [0.1, 0.15) is 5.54 Å². The van der Waals surface area contributed by atoms with Gasteiger partial charge in [-0.3, -0.25) is 9.59 Å². The average Bonchev–Trinajstić information content (AvgIpc) is 2.88. The molecule has 2 amide bonds. The van der Waals surface area contributed by atoms with E-state index in [9.17, 15) is 9.59 Å². The summed E-state index contributed by atoms with van der Waals surface area (Å²) in [5, 5.41) is 6.69. The summed E-state index contributed by atoms with van der Waals surface area (Å²) >= 11 is 0. The third-order valence-corrected chi connectivity index (χ3v) is 3.05. The van der Waals surface area contributed by atoms with E-state index in [4.69, 9.17) is 11.5 Å². The lowest BCUT2D eigenvalue weighted by molar-refractivity contribution is -0.122. The number of carbonyl (C=O) groups is 2. The van der Waals surface area contributed by atoms with Crippen LogP contribution in [0.5, 0.6) is 0 Å². The van der Waals surface area contributed by atoms with Gasteiger partial charge in [0.05, 0.1) is 11.4 Å². The SMILES string of the molecule is CC(C)(NC(=O)c1ccn(-c2ccccc2N)n1)C(N)=O. The third-order valence-electron chi connectivity index (χ3n) is 3.05. The van der Waals surface area contributed by atoms with Crippen LogP contribution in [0.3, 0.4) is 0 Å². The zero-order valence-electron chi connectivity index (χ0n) is 11.8. The Labute approximate surface area is 121 Å². The van der Waals surface area contributed by atoms with E-state index in [0.29, 0.717) is 11.4 Å². The summed E-state index contributed by atoms with van der Waals surface area (Å²) < 4.78 is 1.50. The van der Waals surface area contributed by atoms with Crippen LogP contribution >= 0.6 is 0 Å². The molecule has 1 aromatic carbocycles. The third kappa shape index (κ3) is 3.02. The van der Waals surface area contributed by atoms with Crippen molar-refractivity contribution >= 4 is 17.5 Å². The van der Waals surface area contributed by atoms with Crippen LogP contribution in [0.1, 0.15) is 24.3 Å². The molecule has 0 fully saturated rings. The Kier molecular flexibility index (Phi) is 3.66. The zero-order valence-corrected chi connectivity index (χ0v) is 11.8. The largest absolute Gasteiger partial charge is 0.397 e. The molecule has 0 atom stereocenters. The van der Waals surface area contributed by atoms with E-state index in [0.717, 1.165) is 0 Å². The molecular weight excluding hydrogens is 270 g/mol. The fraction of sp³-hybridized carbons (Fsp3) is 0.214. The topological polar surface area (TPSA) is 116 Å². The standard InChI is InChI=1S/C14H17N5O2/c1-14(2,13(16)21)17-12(20)10-7-8-19(18-10)11-6-4-3-5-9(11)15/h3-8H,15H2,1-2H3,(H2,16,21)(H,17,20). The van der Waals surface area contributed by atoms with Crippen molar-refractivity contribution in [3.63, 3.8) is 0 Å². The number of nitrogens with two attached hydrogens (primary N) is 2. The first-order chi connectivity index (χ1) is 9.81. The lowest BCUT2D eigenvalue weighted by Crippen LogP contribution is -2.53. The minimum absolute atomic E-state index is 0.174. The number of anilines is 1. The van der Waals surface area contributed by atoms with Gasteiger partial charge in [0.2, 0.25) is 5.91 Å². The molecule has 0 spiro atoms. The maximum Gasteiger partial charge on any atom is 0.272 e. The van der Waals surface area contributed by atoms with Gasteiger partial charge in [-0.25, -0.2) is 4.68 Å². The van der Waals surface area contributed by atoms with Gasteiger partial charge in [-0.1, -0.05) is 12.1 Å². The molecule has 0 radical (unpaired) electrons. The molecule has 5 N–H and O–H groups in total. The van der Waals surface area contributed by atoms with Gasteiger partial charge in [0.15, 0.2) is 5.69 Å². The molecule has 1 heterocycles. The number of benzene rings is 1. The van der Waals surface area contributed by atoms with Crippen LogP contribution in [0.15, 0.2) is 36.5 Å². The molecule has 2 rings (SSSR count). The molecule has 7 heteroatoms. The van der Waals surface area contributed by atoms with Gasteiger partial charge in [-0.15, -0.1) is 0 Å². The van der Waals surface area contributed by atoms with Crippen molar-refractivity contribution < 1.29 is 9.59 Å². The lowest BCUT2D eigenvalue weighted by atomic mass is 10.1. The fourth-order valence-corrected chi connectivity index (χ4v) is 1.68. The van der Waals surface area contributed by atoms with Crippen LogP contribution in [-0.4, -0.2) is 27.1 Å². The van der Waals surface area contributed by atoms with Crippen molar-refractivity contribution in [3.8, 4) is 5.69 Å². The summed E-state index contributed by atoms with van der Waals surface area (Å²) in [4.78, 5) is 23.3. The highest BCUT2D eigenvalue weighted by Gasteiger charge is 2.28. The van der Waals surface area contributed by atoms with Crippen molar-refractivity contribution in [1.82, 2.24) is 15.1 Å². The minimum atomic E-state index is -1.15. The van der Waals surface area contributed by atoms with E-state index in [1.54, 1.807) is 24.4 Å². The second kappa shape index (κ2) is 5.28. The molecule has 0 saturated heterocycles. The molecular formula is C14H17N5O2. The quantitative estimate of drug-likeness (QED) is 0.708. The number of amides is 2. The molecule has 0 aliphatic carbocycles. The van der Waals surface area contributed by atoms with E-state index < -0.39 is 17.4 Å². The zero-order chi connectivity index (χ0) is 15.6. The van der Waals surface area contributed by atoms with Crippen LogP contribution in [0, 0.1) is 0 Å². The predicted octanol–water partition coefficient (Wildman–Crippen LogP) is 0.448. The van der Waals surface area contributed by atoms with E-state index in [-0.39, 0.29) is 5.69 Å². The molecule has 1 aromatic heterocycles. The molecule has 0 bridgehead atoms. The van der Waals surface area contributed by atoms with Crippen LogP contribution < -0.4 is 16.8 Å². The Hall–Kier alpha value is -2.83. The molecule has 2 aromatic rings. The van der Waals surface area contributed by atoms with Gasteiger partial charge in [-0.05, 0) is 32.0 Å². The average molecular weight is 287 g/mol. The normalized spacial score (nSPS) is 11.1. The molecule has 110 valence electrons. The fourth-order valence-electron chi connectivity index (χ4n) is 1.68. The summed E-state index contributed by atoms with van der Waals surface area (Å²) in [7, 11) is 0. The number of hydrogen-bond donors (Lipinski definition) is 3. The van der Waals surface area contributed by atoms with Crippen LogP contribution in [0.25, 0.3) is 5.69 Å². The highest BCUT2D eigenvalue weighted by atomic mass is 16.2. The second-order valence-electron chi connectivity index (χ2n) is 5.15.